The number of aryl methyl sites for hydroxylation is 1. The van der Waals surface area contributed by atoms with E-state index in [1.165, 1.54) is 50.6 Å². The van der Waals surface area contributed by atoms with Gasteiger partial charge in [0.15, 0.2) is 34.7 Å². The molecule has 0 radical (unpaired) electrons. The Morgan fingerprint density at radius 2 is 1.14 bits per heavy atom. The van der Waals surface area contributed by atoms with Gasteiger partial charge in [0.05, 0.1) is 38.2 Å². The number of carbonyl (C=O) groups is 2. The van der Waals surface area contributed by atoms with Crippen LogP contribution < -0.4 is 47.3 Å². The maximum absolute atomic E-state index is 15.0. The molecule has 3 atom stereocenters. The number of carboxylic acid groups (broad SMARTS) is 1. The summed E-state index contributed by atoms with van der Waals surface area (Å²) in [6, 6.07) is 9.46. The van der Waals surface area contributed by atoms with Crippen molar-refractivity contribution in [3.05, 3.63) is 157 Å². The van der Waals surface area contributed by atoms with Gasteiger partial charge < -0.3 is 78.9 Å². The van der Waals surface area contributed by atoms with Crippen molar-refractivity contribution in [2.24, 2.45) is 9.98 Å². The summed E-state index contributed by atoms with van der Waals surface area (Å²) in [6.07, 6.45) is 13.6. The zero-order valence-electron chi connectivity index (χ0n) is 52.8. The summed E-state index contributed by atoms with van der Waals surface area (Å²) in [4.78, 5) is 40.7. The SMILES string of the molecule is C1CCOC1.COC(=O)C1=Cc2c(ccc(OC(=NC=N)c3[nH]cc(OC[C@H](C)O)c3C)c2F)C1.Cc1c(OC[C@H](C)O)c[nH]c1C(=NC=N)Oc1ccc2c(c1F)C=C(C(=O)O)C2.Cc1c(OC[C@H](C)O)cn2ncnc(Oc3ccc4c(c3F)C=C(CO)C4)c12.[Li+].[OH-]. The number of aliphatic hydroxyl groups is 4. The van der Waals surface area contributed by atoms with Crippen LogP contribution in [0, 0.1) is 49.0 Å². The Kier molecular flexibility index (Phi) is 26.6. The number of aromatic amines is 2. The van der Waals surface area contributed by atoms with Crippen LogP contribution in [0.2, 0.25) is 0 Å². The number of benzene rings is 3. The number of aliphatic hydroxyl groups excluding tert-OH is 4. The van der Waals surface area contributed by atoms with Crippen LogP contribution >= 0.6 is 0 Å². The molecule has 0 spiro atoms. The monoisotopic (exact) mass is 1300 g/mol. The molecule has 10 N–H and O–H groups in total. The molecule has 11 rings (SSSR count). The van der Waals surface area contributed by atoms with Crippen LogP contribution in [0.5, 0.6) is 40.4 Å². The van der Waals surface area contributed by atoms with Crippen molar-refractivity contribution in [3.8, 4) is 40.4 Å². The molecule has 0 bridgehead atoms. The smallest absolute Gasteiger partial charge is 0.870 e. The minimum absolute atomic E-state index is 0. The Morgan fingerprint density at radius 3 is 1.60 bits per heavy atom. The summed E-state index contributed by atoms with van der Waals surface area (Å²) in [5.41, 5.74) is 7.40. The molecule has 1 fully saturated rings. The largest absolute Gasteiger partial charge is 1.00 e. The predicted molar refractivity (Wildman–Crippen MR) is 335 cm³/mol. The van der Waals surface area contributed by atoms with E-state index in [9.17, 15) is 38.8 Å². The molecule has 25 nitrogen and oxygen atoms in total. The number of fused-ring (bicyclic) bond motifs is 4. The second-order valence-corrected chi connectivity index (χ2v) is 21.5. The zero-order valence-corrected chi connectivity index (χ0v) is 52.8. The van der Waals surface area contributed by atoms with Crippen molar-refractivity contribution in [3.63, 3.8) is 0 Å². The van der Waals surface area contributed by atoms with Crippen molar-refractivity contribution in [1.82, 2.24) is 24.6 Å². The molecule has 7 aromatic rings. The van der Waals surface area contributed by atoms with Crippen molar-refractivity contribution < 1.29 is 111 Å². The van der Waals surface area contributed by atoms with E-state index in [1.54, 1.807) is 88.1 Å². The van der Waals surface area contributed by atoms with Gasteiger partial charge >= 0.3 is 30.8 Å². The number of methoxy groups -OCH3 is 1. The molecule has 3 aromatic carbocycles. The number of nitrogens with zero attached hydrogens (tertiary/aromatic N) is 5. The average molecular weight is 1300 g/mol. The number of hydrogen-bond acceptors (Lipinski definition) is 19. The van der Waals surface area contributed by atoms with Gasteiger partial charge in [-0.05, 0) is 119 Å². The van der Waals surface area contributed by atoms with E-state index < -0.39 is 47.7 Å². The molecule has 494 valence electrons. The van der Waals surface area contributed by atoms with Crippen LogP contribution in [0.15, 0.2) is 88.0 Å². The average Bonchev–Trinajstić information content (AvgIpc) is 1.62. The Balaban J connectivity index is 0.000000213. The normalized spacial score (nSPS) is 14.3. The number of aromatic nitrogens is 5. The molecule has 4 aliphatic rings. The third kappa shape index (κ3) is 17.8. The number of ether oxygens (including phenoxy) is 8. The fraction of sp³-hybridized carbons (Fsp3) is 0.323. The first-order valence-corrected chi connectivity index (χ1v) is 29.0. The number of aliphatic carboxylic acids is 1. The van der Waals surface area contributed by atoms with Gasteiger partial charge in [0.2, 0.25) is 17.7 Å². The van der Waals surface area contributed by atoms with Crippen LogP contribution in [-0.4, -0.2) is 157 Å². The Labute approximate surface area is 549 Å². The number of halogens is 3. The van der Waals surface area contributed by atoms with E-state index in [2.05, 4.69) is 30.0 Å². The maximum Gasteiger partial charge on any atom is 1.00 e. The number of carboxylic acids is 1. The molecule has 1 aliphatic heterocycles. The van der Waals surface area contributed by atoms with Crippen molar-refractivity contribution in [2.75, 3.05) is 46.8 Å². The van der Waals surface area contributed by atoms with Gasteiger partial charge in [0.25, 0.3) is 0 Å². The summed E-state index contributed by atoms with van der Waals surface area (Å²) >= 11 is 0. The molecule has 5 heterocycles. The zero-order chi connectivity index (χ0) is 66.3. The second-order valence-electron chi connectivity index (χ2n) is 21.5. The summed E-state index contributed by atoms with van der Waals surface area (Å²) in [7, 11) is 1.27. The number of carbonyl (C=O) groups excluding carboxylic acids is 1. The molecule has 0 amide bonds. The molecule has 0 saturated carbocycles. The van der Waals surface area contributed by atoms with Crippen molar-refractivity contribution >= 4 is 60.2 Å². The summed E-state index contributed by atoms with van der Waals surface area (Å²) in [5, 5.41) is 65.3. The van der Waals surface area contributed by atoms with E-state index in [0.29, 0.717) is 74.0 Å². The number of hydrogen-bond donors (Lipinski definition) is 9. The fourth-order valence-corrected chi connectivity index (χ4v) is 9.75. The molecule has 1 saturated heterocycles. The van der Waals surface area contributed by atoms with E-state index in [0.717, 1.165) is 42.6 Å². The van der Waals surface area contributed by atoms with Gasteiger partial charge in [-0.1, -0.05) is 18.2 Å². The first-order valence-electron chi connectivity index (χ1n) is 29.0. The van der Waals surface area contributed by atoms with Crippen LogP contribution in [0.4, 0.5) is 13.2 Å². The number of aliphatic imine (C=N–C) groups is 2. The van der Waals surface area contributed by atoms with Crippen molar-refractivity contribution in [1.29, 1.82) is 10.8 Å². The van der Waals surface area contributed by atoms with Gasteiger partial charge in [-0.25, -0.2) is 37.3 Å². The minimum Gasteiger partial charge on any atom is -0.870 e. The van der Waals surface area contributed by atoms with Crippen LogP contribution in [0.1, 0.15) is 95.1 Å². The van der Waals surface area contributed by atoms with Gasteiger partial charge in [0, 0.05) is 83.0 Å². The molecule has 94 heavy (non-hydrogen) atoms. The fourth-order valence-electron chi connectivity index (χ4n) is 9.75. The molecular formula is C65H71F3LiN9O16. The van der Waals surface area contributed by atoms with Gasteiger partial charge in [-0.15, -0.1) is 0 Å². The quantitative estimate of drug-likeness (QED) is 0.0190. The first-order chi connectivity index (χ1) is 44.1. The topological polar surface area (TPSA) is 373 Å². The van der Waals surface area contributed by atoms with E-state index >= 15 is 4.39 Å². The molecule has 4 aromatic heterocycles. The third-order valence-corrected chi connectivity index (χ3v) is 14.4. The van der Waals surface area contributed by atoms with Crippen molar-refractivity contribution in [2.45, 2.75) is 92.0 Å². The molecule has 29 heteroatoms. The van der Waals surface area contributed by atoms with E-state index in [-0.39, 0.29) is 115 Å². The Bertz CT molecular complexity index is 4030. The first kappa shape index (κ1) is 73.7. The Morgan fingerprint density at radius 1 is 0.681 bits per heavy atom. The van der Waals surface area contributed by atoms with Crippen LogP contribution in [-0.2, 0) is 38.3 Å². The standard InChI is InChI=1S/C21H22FN3O5.C20H20FN3O5.C20H20FN3O4.C4H8O.Li.H2O/c1-11(26)9-29-17-8-24-19(12(17)2)20(25-10-23)30-16-5-4-13-6-14(21(27)28-3)7-15(13)18(16)22;1-10(25)8-28-16-7-23-18(11(16)2)19(24-9-22)29-15-4-3-12-5-13(20(26)27)6-14(12)17(15)21;1-11(26)9-27-17-7-24-19(12(17)2)20(22-10-23-24)28-16-4-3-14-5-13(8-25)6-15(14)18(16)21;1-2-4-5-3-1;;/h4-5,7-8,10-11,23-24,26H,6,9H2,1-3H3;3-4,6-7,9-10,22-23,25H,5,8H2,1-2H3,(H,26,27);3-4,6-7,10-11,25-26H,5,8-9H2,1-2H3;1-4H2;;1H2/q;;;;+1;/p-1/t11-;10-;11-;;;/m000.../s1. The third-order valence-electron chi connectivity index (χ3n) is 14.4. The number of rotatable bonds is 20. The summed E-state index contributed by atoms with van der Waals surface area (Å²) in [6.45, 7) is 12.3. The summed E-state index contributed by atoms with van der Waals surface area (Å²) in [5.74, 6) is -2.04. The molecule has 3 aliphatic carbocycles. The van der Waals surface area contributed by atoms with Crippen LogP contribution in [0.25, 0.3) is 23.7 Å². The van der Waals surface area contributed by atoms with Gasteiger partial charge in [-0.3, -0.25) is 10.8 Å². The summed E-state index contributed by atoms with van der Waals surface area (Å²) < 4.78 is 89.8. The van der Waals surface area contributed by atoms with E-state index in [4.69, 9.17) is 53.8 Å². The second kappa shape index (κ2) is 34.0. The Hall–Kier alpha value is -9.37. The van der Waals surface area contributed by atoms with Gasteiger partial charge in [0.1, 0.15) is 73.0 Å². The number of H-pyrrole nitrogens is 2. The molecule has 0 unspecified atom stereocenters. The molecular weight excluding hydrogens is 1230 g/mol. The predicted octanol–water partition coefficient (Wildman–Crippen LogP) is 5.73. The number of esters is 1. The number of nitrogens with one attached hydrogen (secondary N) is 4. The van der Waals surface area contributed by atoms with Gasteiger partial charge in [-0.2, -0.15) is 10.1 Å². The van der Waals surface area contributed by atoms with Crippen LogP contribution in [0.3, 0.4) is 0 Å². The van der Waals surface area contributed by atoms with E-state index in [1.807, 2.05) is 6.92 Å². The minimum atomic E-state index is -1.10. The maximum atomic E-state index is 15.0.